The average molecular weight is 380 g/mol. The lowest BCUT2D eigenvalue weighted by atomic mass is 9.85. The second-order valence-electron chi connectivity index (χ2n) is 8.02. The van der Waals surface area contributed by atoms with Crippen LogP contribution in [0.1, 0.15) is 44.7 Å². The second kappa shape index (κ2) is 9.58. The van der Waals surface area contributed by atoms with Crippen molar-refractivity contribution in [2.24, 2.45) is 4.99 Å². The molecule has 1 fully saturated rings. The molecule has 1 aliphatic rings. The number of aromatic nitrogens is 1. The van der Waals surface area contributed by atoms with Crippen LogP contribution in [-0.4, -0.2) is 37.1 Å². The predicted molar refractivity (Wildman–Crippen MR) is 118 cm³/mol. The van der Waals surface area contributed by atoms with Crippen LogP contribution in [-0.2, 0) is 12.0 Å². The second-order valence-corrected chi connectivity index (χ2v) is 8.02. The molecule has 0 unspecified atom stereocenters. The Hall–Kier alpha value is -2.56. The highest BCUT2D eigenvalue weighted by Gasteiger charge is 2.20. The normalized spacial score (nSPS) is 15.0. The molecule has 5 nitrogen and oxygen atoms in total. The summed E-state index contributed by atoms with van der Waals surface area (Å²) in [5, 5.41) is 6.87. The molecule has 0 aliphatic carbocycles. The van der Waals surface area contributed by atoms with Crippen molar-refractivity contribution in [3.63, 3.8) is 0 Å². The van der Waals surface area contributed by atoms with Crippen LogP contribution in [0.15, 0.2) is 53.7 Å². The zero-order valence-corrected chi connectivity index (χ0v) is 17.4. The Morgan fingerprint density at radius 3 is 2.57 bits per heavy atom. The summed E-state index contributed by atoms with van der Waals surface area (Å²) in [6.07, 6.45) is 4.42. The Labute approximate surface area is 169 Å². The van der Waals surface area contributed by atoms with E-state index in [9.17, 15) is 0 Å². The molecule has 3 rings (SSSR count). The topological polar surface area (TPSA) is 52.6 Å². The van der Waals surface area contributed by atoms with Gasteiger partial charge in [-0.2, -0.15) is 0 Å². The summed E-state index contributed by atoms with van der Waals surface area (Å²) in [6.45, 7) is 11.1. The number of pyridine rings is 1. The average Bonchev–Trinajstić information content (AvgIpc) is 3.26. The fourth-order valence-corrected chi connectivity index (χ4v) is 3.49. The number of benzene rings is 1. The molecule has 1 saturated heterocycles. The molecule has 2 heterocycles. The van der Waals surface area contributed by atoms with Crippen LogP contribution in [0.5, 0.6) is 0 Å². The van der Waals surface area contributed by atoms with Crippen molar-refractivity contribution >= 4 is 11.8 Å². The standard InChI is InChI=1S/C23H33N5/c1-4-24-22(27-18-23(2,3)20-10-6-5-7-11-20)26-17-19-12-13-25-21(16-19)28-14-8-9-15-28/h5-7,10-13,16H,4,8-9,14-15,17-18H2,1-3H3,(H2,24,26,27). The van der Waals surface area contributed by atoms with E-state index >= 15 is 0 Å². The number of nitrogens with zero attached hydrogens (tertiary/aromatic N) is 3. The first-order chi connectivity index (χ1) is 13.6. The SMILES string of the molecule is CCNC(=NCc1ccnc(N2CCCC2)c1)NCC(C)(C)c1ccccc1. The smallest absolute Gasteiger partial charge is 0.191 e. The monoisotopic (exact) mass is 379 g/mol. The maximum atomic E-state index is 4.80. The van der Waals surface area contributed by atoms with Gasteiger partial charge in [0.05, 0.1) is 6.54 Å². The molecular formula is C23H33N5. The first-order valence-corrected chi connectivity index (χ1v) is 10.4. The lowest BCUT2D eigenvalue weighted by molar-refractivity contribution is 0.508. The van der Waals surface area contributed by atoms with E-state index in [1.807, 2.05) is 6.20 Å². The number of hydrogen-bond acceptors (Lipinski definition) is 3. The van der Waals surface area contributed by atoms with Gasteiger partial charge in [-0.3, -0.25) is 0 Å². The summed E-state index contributed by atoms with van der Waals surface area (Å²) in [5.74, 6) is 1.93. The molecule has 150 valence electrons. The first kappa shape index (κ1) is 20.2. The fraction of sp³-hybridized carbons (Fsp3) is 0.478. The third-order valence-electron chi connectivity index (χ3n) is 5.26. The van der Waals surface area contributed by atoms with Crippen LogP contribution < -0.4 is 15.5 Å². The predicted octanol–water partition coefficient (Wildman–Crippen LogP) is 3.71. The number of hydrogen-bond donors (Lipinski definition) is 2. The van der Waals surface area contributed by atoms with Crippen molar-refractivity contribution < 1.29 is 0 Å². The van der Waals surface area contributed by atoms with Gasteiger partial charge in [0.15, 0.2) is 5.96 Å². The van der Waals surface area contributed by atoms with Crippen LogP contribution in [0.2, 0.25) is 0 Å². The van der Waals surface area contributed by atoms with Gasteiger partial charge in [0.1, 0.15) is 5.82 Å². The van der Waals surface area contributed by atoms with Gasteiger partial charge in [-0.25, -0.2) is 9.98 Å². The van der Waals surface area contributed by atoms with Gasteiger partial charge in [-0.1, -0.05) is 44.2 Å². The van der Waals surface area contributed by atoms with E-state index < -0.39 is 0 Å². The minimum absolute atomic E-state index is 0.0248. The first-order valence-electron chi connectivity index (χ1n) is 10.4. The Morgan fingerprint density at radius 1 is 1.11 bits per heavy atom. The van der Waals surface area contributed by atoms with Gasteiger partial charge < -0.3 is 15.5 Å². The lowest BCUT2D eigenvalue weighted by Gasteiger charge is -2.26. The molecule has 2 aromatic rings. The fourth-order valence-electron chi connectivity index (χ4n) is 3.49. The Kier molecular flexibility index (Phi) is 6.90. The minimum atomic E-state index is 0.0248. The largest absolute Gasteiger partial charge is 0.357 e. The number of guanidine groups is 1. The van der Waals surface area contributed by atoms with E-state index in [1.165, 1.54) is 24.0 Å². The van der Waals surface area contributed by atoms with E-state index in [1.54, 1.807) is 0 Å². The van der Waals surface area contributed by atoms with Gasteiger partial charge >= 0.3 is 0 Å². The Balaban J connectivity index is 1.63. The van der Waals surface area contributed by atoms with Gasteiger partial charge in [-0.05, 0) is 43.0 Å². The van der Waals surface area contributed by atoms with Crippen LogP contribution in [0, 0.1) is 0 Å². The van der Waals surface area contributed by atoms with Crippen molar-refractivity contribution in [2.75, 3.05) is 31.1 Å². The lowest BCUT2D eigenvalue weighted by Crippen LogP contribution is -2.43. The van der Waals surface area contributed by atoms with Gasteiger partial charge in [0.25, 0.3) is 0 Å². The molecule has 1 aliphatic heterocycles. The highest BCUT2D eigenvalue weighted by molar-refractivity contribution is 5.79. The van der Waals surface area contributed by atoms with Gasteiger partial charge in [0, 0.05) is 37.8 Å². The summed E-state index contributed by atoms with van der Waals surface area (Å²) in [4.78, 5) is 11.7. The molecule has 0 saturated carbocycles. The minimum Gasteiger partial charge on any atom is -0.357 e. The summed E-state index contributed by atoms with van der Waals surface area (Å²) in [5.41, 5.74) is 2.54. The number of aliphatic imine (C=N–C) groups is 1. The Bertz CT molecular complexity index is 764. The maximum Gasteiger partial charge on any atom is 0.191 e. The van der Waals surface area contributed by atoms with Crippen molar-refractivity contribution in [1.29, 1.82) is 0 Å². The van der Waals surface area contributed by atoms with Crippen molar-refractivity contribution in [1.82, 2.24) is 15.6 Å². The molecule has 1 aromatic heterocycles. The van der Waals surface area contributed by atoms with Crippen molar-refractivity contribution in [3.05, 3.63) is 59.8 Å². The Morgan fingerprint density at radius 2 is 1.86 bits per heavy atom. The molecule has 5 heteroatoms. The van der Waals surface area contributed by atoms with Gasteiger partial charge in [-0.15, -0.1) is 0 Å². The summed E-state index contributed by atoms with van der Waals surface area (Å²) < 4.78 is 0. The zero-order chi connectivity index (χ0) is 19.8. The summed E-state index contributed by atoms with van der Waals surface area (Å²) in [7, 11) is 0. The van der Waals surface area contributed by atoms with E-state index in [0.717, 1.165) is 38.0 Å². The zero-order valence-electron chi connectivity index (χ0n) is 17.4. The molecule has 0 atom stereocenters. The highest BCUT2D eigenvalue weighted by atomic mass is 15.2. The third-order valence-corrected chi connectivity index (χ3v) is 5.26. The van der Waals surface area contributed by atoms with E-state index in [4.69, 9.17) is 4.99 Å². The molecular weight excluding hydrogens is 346 g/mol. The molecule has 0 radical (unpaired) electrons. The molecule has 0 amide bonds. The van der Waals surface area contributed by atoms with Gasteiger partial charge in [0.2, 0.25) is 0 Å². The maximum absolute atomic E-state index is 4.80. The number of nitrogens with one attached hydrogen (secondary N) is 2. The van der Waals surface area contributed by atoms with E-state index in [-0.39, 0.29) is 5.41 Å². The van der Waals surface area contributed by atoms with Crippen LogP contribution in [0.25, 0.3) is 0 Å². The quantitative estimate of drug-likeness (QED) is 0.569. The number of anilines is 1. The van der Waals surface area contributed by atoms with Crippen molar-refractivity contribution in [3.8, 4) is 0 Å². The number of rotatable bonds is 7. The summed E-state index contributed by atoms with van der Waals surface area (Å²) >= 11 is 0. The summed E-state index contributed by atoms with van der Waals surface area (Å²) in [6, 6.07) is 14.8. The van der Waals surface area contributed by atoms with E-state index in [2.05, 4.69) is 83.8 Å². The van der Waals surface area contributed by atoms with Crippen LogP contribution in [0.4, 0.5) is 5.82 Å². The third kappa shape index (κ3) is 5.47. The van der Waals surface area contributed by atoms with Crippen LogP contribution in [0.3, 0.4) is 0 Å². The van der Waals surface area contributed by atoms with E-state index in [0.29, 0.717) is 6.54 Å². The van der Waals surface area contributed by atoms with Crippen LogP contribution >= 0.6 is 0 Å². The molecule has 0 spiro atoms. The highest BCUT2D eigenvalue weighted by Crippen LogP contribution is 2.22. The van der Waals surface area contributed by atoms with Crippen molar-refractivity contribution in [2.45, 2.75) is 45.6 Å². The molecule has 2 N–H and O–H groups in total. The molecule has 1 aromatic carbocycles. The molecule has 28 heavy (non-hydrogen) atoms. The molecule has 0 bridgehead atoms.